The molecule has 5 rings (SSSR count). The number of rotatable bonds is 15. The highest BCUT2D eigenvalue weighted by molar-refractivity contribution is 5.57. The van der Waals surface area contributed by atoms with E-state index >= 15 is 0 Å². The number of hydrogen-bond acceptors (Lipinski definition) is 7. The summed E-state index contributed by atoms with van der Waals surface area (Å²) in [7, 11) is 3.17. The average Bonchev–Trinajstić information content (AvgIpc) is 3.10. The molecule has 5 aromatic carbocycles. The normalized spacial score (nSPS) is 12.2. The number of ether oxygens (including phenoxy) is 4. The summed E-state index contributed by atoms with van der Waals surface area (Å²) < 4.78 is 22.8. The summed E-state index contributed by atoms with van der Waals surface area (Å²) in [5.74, 6) is 2.60. The van der Waals surface area contributed by atoms with E-state index in [1.165, 1.54) is 0 Å². The quantitative estimate of drug-likeness (QED) is 0.131. The minimum Gasteiger partial charge on any atom is -0.493 e. The van der Waals surface area contributed by atoms with E-state index in [1.807, 2.05) is 132 Å². The van der Waals surface area contributed by atoms with E-state index in [-0.39, 0.29) is 13.1 Å². The zero-order chi connectivity index (χ0) is 31.4. The molecule has 0 saturated carbocycles. The first-order chi connectivity index (χ1) is 22.0. The van der Waals surface area contributed by atoms with E-state index in [0.717, 1.165) is 39.4 Å². The zero-order valence-corrected chi connectivity index (χ0v) is 25.6. The van der Waals surface area contributed by atoms with Crippen LogP contribution in [0.4, 0.5) is 5.69 Å². The summed E-state index contributed by atoms with van der Waals surface area (Å²) >= 11 is 0. The molecule has 2 atom stereocenters. The van der Waals surface area contributed by atoms with Gasteiger partial charge in [-0.1, -0.05) is 84.9 Å². The summed E-state index contributed by atoms with van der Waals surface area (Å²) in [6.07, 6.45) is -1.66. The van der Waals surface area contributed by atoms with Gasteiger partial charge in [0, 0.05) is 24.8 Å². The molecule has 45 heavy (non-hydrogen) atoms. The SMILES string of the molecule is COc1ccc(N(CC(O)c2ccc(OCc3ccccc3)cc2)CC(O)c2ccc(OCc3ccccc3)cc2)cc1OC. The third kappa shape index (κ3) is 8.79. The monoisotopic (exact) mass is 605 g/mol. The first-order valence-corrected chi connectivity index (χ1v) is 14.9. The van der Waals surface area contributed by atoms with E-state index in [2.05, 4.69) is 0 Å². The average molecular weight is 606 g/mol. The van der Waals surface area contributed by atoms with Gasteiger partial charge in [-0.15, -0.1) is 0 Å². The van der Waals surface area contributed by atoms with Crippen molar-refractivity contribution in [2.75, 3.05) is 32.2 Å². The Labute approximate surface area is 264 Å². The number of methoxy groups -OCH3 is 2. The van der Waals surface area contributed by atoms with E-state index in [1.54, 1.807) is 14.2 Å². The van der Waals surface area contributed by atoms with Gasteiger partial charge in [-0.05, 0) is 58.7 Å². The highest BCUT2D eigenvalue weighted by Crippen LogP contribution is 2.33. The van der Waals surface area contributed by atoms with Crippen LogP contribution in [0.5, 0.6) is 23.0 Å². The van der Waals surface area contributed by atoms with Crippen LogP contribution in [0, 0.1) is 0 Å². The maximum Gasteiger partial charge on any atom is 0.162 e. The topological polar surface area (TPSA) is 80.6 Å². The molecule has 0 radical (unpaired) electrons. The van der Waals surface area contributed by atoms with Crippen LogP contribution in [0.15, 0.2) is 127 Å². The number of benzene rings is 5. The molecule has 0 aliphatic heterocycles. The Balaban J connectivity index is 1.28. The van der Waals surface area contributed by atoms with Crippen molar-refractivity contribution in [3.8, 4) is 23.0 Å². The molecule has 0 amide bonds. The van der Waals surface area contributed by atoms with Crippen molar-refractivity contribution in [1.82, 2.24) is 0 Å². The van der Waals surface area contributed by atoms with Gasteiger partial charge in [-0.25, -0.2) is 0 Å². The molecule has 232 valence electrons. The number of nitrogens with zero attached hydrogens (tertiary/aromatic N) is 1. The van der Waals surface area contributed by atoms with Crippen LogP contribution in [-0.4, -0.2) is 37.5 Å². The highest BCUT2D eigenvalue weighted by atomic mass is 16.5. The Bertz CT molecular complexity index is 1500. The molecular weight excluding hydrogens is 566 g/mol. The van der Waals surface area contributed by atoms with Gasteiger partial charge in [0.05, 0.1) is 26.4 Å². The van der Waals surface area contributed by atoms with Crippen molar-refractivity contribution in [1.29, 1.82) is 0 Å². The van der Waals surface area contributed by atoms with Gasteiger partial charge in [-0.3, -0.25) is 0 Å². The number of hydrogen-bond donors (Lipinski definition) is 2. The molecule has 5 aromatic rings. The Morgan fingerprint density at radius 2 is 0.978 bits per heavy atom. The summed E-state index contributed by atoms with van der Waals surface area (Å²) in [6, 6.07) is 40.4. The number of aliphatic hydroxyl groups excluding tert-OH is 2. The fourth-order valence-corrected chi connectivity index (χ4v) is 4.99. The first-order valence-electron chi connectivity index (χ1n) is 14.9. The molecule has 2 unspecified atom stereocenters. The molecular formula is C38H39NO6. The predicted octanol–water partition coefficient (Wildman–Crippen LogP) is 7.14. The third-order valence-electron chi connectivity index (χ3n) is 7.55. The van der Waals surface area contributed by atoms with Gasteiger partial charge < -0.3 is 34.1 Å². The van der Waals surface area contributed by atoms with E-state index < -0.39 is 12.2 Å². The van der Waals surface area contributed by atoms with Gasteiger partial charge in [0.15, 0.2) is 11.5 Å². The van der Waals surface area contributed by atoms with Crippen molar-refractivity contribution in [3.05, 3.63) is 150 Å². The molecule has 0 bridgehead atoms. The second kappa shape index (κ2) is 15.7. The van der Waals surface area contributed by atoms with E-state index in [0.29, 0.717) is 24.7 Å². The lowest BCUT2D eigenvalue weighted by Gasteiger charge is -2.30. The largest absolute Gasteiger partial charge is 0.493 e. The van der Waals surface area contributed by atoms with Crippen LogP contribution in [0.1, 0.15) is 34.5 Å². The molecule has 0 aliphatic carbocycles. The molecule has 0 saturated heterocycles. The Hall–Kier alpha value is -4.98. The zero-order valence-electron chi connectivity index (χ0n) is 25.6. The van der Waals surface area contributed by atoms with Gasteiger partial charge >= 0.3 is 0 Å². The van der Waals surface area contributed by atoms with Crippen molar-refractivity contribution < 1.29 is 29.2 Å². The minimum absolute atomic E-state index is 0.231. The van der Waals surface area contributed by atoms with Crippen molar-refractivity contribution in [2.24, 2.45) is 0 Å². The van der Waals surface area contributed by atoms with Crippen LogP contribution in [0.3, 0.4) is 0 Å². The fraction of sp³-hybridized carbons (Fsp3) is 0.211. The predicted molar refractivity (Wildman–Crippen MR) is 176 cm³/mol. The Morgan fingerprint density at radius 3 is 1.40 bits per heavy atom. The number of aliphatic hydroxyl groups is 2. The van der Waals surface area contributed by atoms with Crippen molar-refractivity contribution in [3.63, 3.8) is 0 Å². The molecule has 0 aliphatic rings. The molecule has 2 N–H and O–H groups in total. The molecule has 0 aromatic heterocycles. The molecule has 7 nitrogen and oxygen atoms in total. The summed E-state index contributed by atoms with van der Waals surface area (Å²) in [5.41, 5.74) is 4.42. The lowest BCUT2D eigenvalue weighted by atomic mass is 10.1. The molecule has 0 spiro atoms. The molecule has 7 heteroatoms. The Morgan fingerprint density at radius 1 is 0.533 bits per heavy atom. The summed E-state index contributed by atoms with van der Waals surface area (Å²) in [4.78, 5) is 1.94. The molecule has 0 heterocycles. The first kappa shape index (κ1) is 31.4. The standard InChI is InChI=1S/C38H39NO6/c1-42-37-22-17-32(23-38(37)43-2)39(24-35(40)30-13-18-33(19-14-30)44-26-28-9-5-3-6-10-28)25-36(41)31-15-20-34(21-16-31)45-27-29-11-7-4-8-12-29/h3-23,35-36,40-41H,24-27H2,1-2H3. The highest BCUT2D eigenvalue weighted by Gasteiger charge is 2.20. The molecule has 0 fully saturated rings. The van der Waals surface area contributed by atoms with Crippen molar-refractivity contribution >= 4 is 5.69 Å². The summed E-state index contributed by atoms with van der Waals surface area (Å²) in [6.45, 7) is 1.39. The van der Waals surface area contributed by atoms with Gasteiger partial charge in [0.2, 0.25) is 0 Å². The van der Waals surface area contributed by atoms with Gasteiger partial charge in [-0.2, -0.15) is 0 Å². The van der Waals surface area contributed by atoms with E-state index in [9.17, 15) is 10.2 Å². The lowest BCUT2D eigenvalue weighted by Crippen LogP contribution is -2.32. The van der Waals surface area contributed by atoms with Crippen LogP contribution >= 0.6 is 0 Å². The second-order valence-corrected chi connectivity index (χ2v) is 10.7. The lowest BCUT2D eigenvalue weighted by molar-refractivity contribution is 0.160. The number of anilines is 1. The van der Waals surface area contributed by atoms with E-state index in [4.69, 9.17) is 18.9 Å². The second-order valence-electron chi connectivity index (χ2n) is 10.7. The summed E-state index contributed by atoms with van der Waals surface area (Å²) in [5, 5.41) is 22.6. The van der Waals surface area contributed by atoms with Crippen LogP contribution in [-0.2, 0) is 13.2 Å². The minimum atomic E-state index is -0.831. The van der Waals surface area contributed by atoms with Gasteiger partial charge in [0.1, 0.15) is 24.7 Å². The maximum absolute atomic E-state index is 11.3. The van der Waals surface area contributed by atoms with Crippen molar-refractivity contribution in [2.45, 2.75) is 25.4 Å². The van der Waals surface area contributed by atoms with Gasteiger partial charge in [0.25, 0.3) is 0 Å². The van der Waals surface area contributed by atoms with Crippen LogP contribution in [0.2, 0.25) is 0 Å². The van der Waals surface area contributed by atoms with Crippen LogP contribution in [0.25, 0.3) is 0 Å². The fourth-order valence-electron chi connectivity index (χ4n) is 4.99. The smallest absolute Gasteiger partial charge is 0.162 e. The van der Waals surface area contributed by atoms with Crippen LogP contribution < -0.4 is 23.8 Å². The third-order valence-corrected chi connectivity index (χ3v) is 7.55. The Kier molecular flexibility index (Phi) is 10.9. The maximum atomic E-state index is 11.3.